The number of sulfonamides is 1. The number of aryl methyl sites for hydroxylation is 1. The molecule has 6 nitrogen and oxygen atoms in total. The van der Waals surface area contributed by atoms with Gasteiger partial charge in [0.05, 0.1) is 18.6 Å². The molecule has 0 atom stereocenters. The Hall–Kier alpha value is -2.61. The molecule has 0 fully saturated rings. The monoisotopic (exact) mass is 408 g/mol. The second kappa shape index (κ2) is 10.1. The number of carbonyl (C=O) groups is 1. The molecule has 0 spiro atoms. The van der Waals surface area contributed by atoms with Gasteiger partial charge in [-0.2, -0.15) is 0 Å². The van der Waals surface area contributed by atoms with Gasteiger partial charge < -0.3 is 10.1 Å². The average Bonchev–Trinajstić information content (AvgIpc) is 2.64. The van der Waals surface area contributed by atoms with Crippen molar-refractivity contribution in [3.05, 3.63) is 59.9 Å². The Morgan fingerprint density at radius 3 is 2.54 bits per heavy atom. The molecule has 0 heterocycles. The Kier molecular flexibility index (Phi) is 7.80. The highest BCUT2D eigenvalue weighted by Crippen LogP contribution is 2.23. The molecule has 8 heteroatoms. The molecular formula is C20H25FN2O4S. The van der Waals surface area contributed by atoms with Gasteiger partial charge in [0.1, 0.15) is 18.1 Å². The zero-order valence-electron chi connectivity index (χ0n) is 16.0. The SMILES string of the molecule is CCOc1cccc(N(CC(=O)NCCCc2ccc(F)cc2)S(C)(=O)=O)c1. The van der Waals surface area contributed by atoms with Crippen molar-refractivity contribution in [1.29, 1.82) is 0 Å². The fraction of sp³-hybridized carbons (Fsp3) is 0.350. The molecule has 0 aliphatic carbocycles. The summed E-state index contributed by atoms with van der Waals surface area (Å²) in [5.74, 6) is -0.147. The van der Waals surface area contributed by atoms with Crippen LogP contribution in [-0.4, -0.2) is 40.3 Å². The lowest BCUT2D eigenvalue weighted by Crippen LogP contribution is -2.40. The van der Waals surface area contributed by atoms with Crippen LogP contribution < -0.4 is 14.4 Å². The van der Waals surface area contributed by atoms with Crippen LogP contribution in [0.15, 0.2) is 48.5 Å². The molecule has 0 aliphatic heterocycles. The zero-order valence-corrected chi connectivity index (χ0v) is 16.8. The third kappa shape index (κ3) is 6.84. The first-order chi connectivity index (χ1) is 13.3. The molecular weight excluding hydrogens is 383 g/mol. The predicted octanol–water partition coefficient (Wildman–Crippen LogP) is 2.74. The van der Waals surface area contributed by atoms with Gasteiger partial charge in [0, 0.05) is 12.6 Å². The maximum Gasteiger partial charge on any atom is 0.240 e. The Labute approximate surface area is 165 Å². The minimum Gasteiger partial charge on any atom is -0.494 e. The van der Waals surface area contributed by atoms with Crippen LogP contribution in [0.5, 0.6) is 5.75 Å². The van der Waals surface area contributed by atoms with Gasteiger partial charge in [-0.25, -0.2) is 12.8 Å². The topological polar surface area (TPSA) is 75.7 Å². The van der Waals surface area contributed by atoms with Crippen molar-refractivity contribution in [2.75, 3.05) is 30.3 Å². The summed E-state index contributed by atoms with van der Waals surface area (Å²) in [7, 11) is -3.64. The van der Waals surface area contributed by atoms with E-state index in [1.54, 1.807) is 36.4 Å². The van der Waals surface area contributed by atoms with E-state index in [2.05, 4.69) is 5.32 Å². The Balaban J connectivity index is 1.92. The van der Waals surface area contributed by atoms with Crippen LogP contribution in [0.4, 0.5) is 10.1 Å². The smallest absolute Gasteiger partial charge is 0.240 e. The summed E-state index contributed by atoms with van der Waals surface area (Å²) in [6.45, 7) is 2.37. The van der Waals surface area contributed by atoms with Crippen LogP contribution in [-0.2, 0) is 21.2 Å². The lowest BCUT2D eigenvalue weighted by Gasteiger charge is -2.22. The number of hydrogen-bond acceptors (Lipinski definition) is 4. The number of ether oxygens (including phenoxy) is 1. The number of nitrogens with one attached hydrogen (secondary N) is 1. The molecule has 0 bridgehead atoms. The minimum atomic E-state index is -3.64. The number of anilines is 1. The highest BCUT2D eigenvalue weighted by molar-refractivity contribution is 7.92. The third-order valence-electron chi connectivity index (χ3n) is 3.98. The van der Waals surface area contributed by atoms with Crippen molar-refractivity contribution in [2.24, 2.45) is 0 Å². The Morgan fingerprint density at radius 2 is 1.89 bits per heavy atom. The summed E-state index contributed by atoms with van der Waals surface area (Å²) in [5.41, 5.74) is 1.34. The summed E-state index contributed by atoms with van der Waals surface area (Å²) in [4.78, 5) is 12.2. The van der Waals surface area contributed by atoms with E-state index in [-0.39, 0.29) is 12.4 Å². The zero-order chi connectivity index (χ0) is 20.6. The van der Waals surface area contributed by atoms with Crippen LogP contribution >= 0.6 is 0 Å². The molecule has 0 saturated heterocycles. The number of hydrogen-bond donors (Lipinski definition) is 1. The van der Waals surface area contributed by atoms with Gasteiger partial charge in [-0.15, -0.1) is 0 Å². The molecule has 0 aliphatic rings. The predicted molar refractivity (Wildman–Crippen MR) is 108 cm³/mol. The second-order valence-corrected chi connectivity index (χ2v) is 8.19. The first-order valence-corrected chi connectivity index (χ1v) is 10.9. The Morgan fingerprint density at radius 1 is 1.18 bits per heavy atom. The number of benzene rings is 2. The second-order valence-electron chi connectivity index (χ2n) is 6.28. The van der Waals surface area contributed by atoms with E-state index in [1.807, 2.05) is 6.92 Å². The summed E-state index contributed by atoms with van der Waals surface area (Å²) in [6.07, 6.45) is 2.41. The van der Waals surface area contributed by atoms with Crippen LogP contribution in [0.2, 0.25) is 0 Å². The van der Waals surface area contributed by atoms with Crippen LogP contribution in [0.3, 0.4) is 0 Å². The van der Waals surface area contributed by atoms with E-state index >= 15 is 0 Å². The number of rotatable bonds is 10. The molecule has 152 valence electrons. The first kappa shape index (κ1) is 21.7. The van der Waals surface area contributed by atoms with Gasteiger partial charge >= 0.3 is 0 Å². The third-order valence-corrected chi connectivity index (χ3v) is 5.12. The standard InChI is InChI=1S/C20H25FN2O4S/c1-3-27-19-8-4-7-18(14-19)23(28(2,25)26)15-20(24)22-13-5-6-16-9-11-17(21)12-10-16/h4,7-12,14H,3,5-6,13,15H2,1-2H3,(H,22,24). The maximum absolute atomic E-state index is 12.9. The maximum atomic E-state index is 12.9. The molecule has 0 radical (unpaired) electrons. The van der Waals surface area contributed by atoms with Crippen molar-refractivity contribution in [2.45, 2.75) is 19.8 Å². The van der Waals surface area contributed by atoms with Crippen molar-refractivity contribution >= 4 is 21.6 Å². The molecule has 1 amide bonds. The van der Waals surface area contributed by atoms with Crippen LogP contribution in [0, 0.1) is 5.82 Å². The first-order valence-electron chi connectivity index (χ1n) is 9.01. The van der Waals surface area contributed by atoms with Gasteiger partial charge in [-0.05, 0) is 49.6 Å². The summed E-state index contributed by atoms with van der Waals surface area (Å²) >= 11 is 0. The van der Waals surface area contributed by atoms with Gasteiger partial charge in [-0.1, -0.05) is 18.2 Å². The highest BCUT2D eigenvalue weighted by Gasteiger charge is 2.21. The minimum absolute atomic E-state index is 0.286. The van der Waals surface area contributed by atoms with E-state index in [4.69, 9.17) is 4.74 Å². The van der Waals surface area contributed by atoms with Crippen LogP contribution in [0.25, 0.3) is 0 Å². The summed E-state index contributed by atoms with van der Waals surface area (Å²) < 4.78 is 43.6. The normalized spacial score (nSPS) is 11.1. The largest absolute Gasteiger partial charge is 0.494 e. The molecule has 2 aromatic carbocycles. The van der Waals surface area contributed by atoms with Crippen LogP contribution in [0.1, 0.15) is 18.9 Å². The Bertz CT molecular complexity index is 885. The molecule has 2 rings (SSSR count). The van der Waals surface area contributed by atoms with Gasteiger partial charge in [0.25, 0.3) is 0 Å². The van der Waals surface area contributed by atoms with E-state index in [1.165, 1.54) is 12.1 Å². The number of nitrogens with zero attached hydrogens (tertiary/aromatic N) is 1. The van der Waals surface area contributed by atoms with Gasteiger partial charge in [0.15, 0.2) is 0 Å². The van der Waals surface area contributed by atoms with Crippen molar-refractivity contribution in [3.63, 3.8) is 0 Å². The number of halogens is 1. The molecule has 1 N–H and O–H groups in total. The lowest BCUT2D eigenvalue weighted by molar-refractivity contribution is -0.119. The molecule has 0 aromatic heterocycles. The van der Waals surface area contributed by atoms with Crippen molar-refractivity contribution < 1.29 is 22.3 Å². The molecule has 0 saturated carbocycles. The summed E-state index contributed by atoms with van der Waals surface area (Å²) in [6, 6.07) is 12.8. The fourth-order valence-electron chi connectivity index (χ4n) is 2.65. The van der Waals surface area contributed by atoms with E-state index < -0.39 is 15.9 Å². The van der Waals surface area contributed by atoms with Gasteiger partial charge in [0.2, 0.25) is 15.9 Å². The van der Waals surface area contributed by atoms with Gasteiger partial charge in [-0.3, -0.25) is 9.10 Å². The highest BCUT2D eigenvalue weighted by atomic mass is 32.2. The molecule has 0 unspecified atom stereocenters. The number of amides is 1. The van der Waals surface area contributed by atoms with E-state index in [0.717, 1.165) is 16.1 Å². The fourth-order valence-corrected chi connectivity index (χ4v) is 3.50. The van der Waals surface area contributed by atoms with Crippen molar-refractivity contribution in [1.82, 2.24) is 5.32 Å². The molecule has 2 aromatic rings. The van der Waals surface area contributed by atoms with Crippen molar-refractivity contribution in [3.8, 4) is 5.75 Å². The molecule has 28 heavy (non-hydrogen) atoms. The van der Waals surface area contributed by atoms with E-state index in [9.17, 15) is 17.6 Å². The number of carbonyl (C=O) groups excluding carboxylic acids is 1. The summed E-state index contributed by atoms with van der Waals surface area (Å²) in [5, 5.41) is 2.73. The average molecular weight is 408 g/mol. The lowest BCUT2D eigenvalue weighted by atomic mass is 10.1. The quantitative estimate of drug-likeness (QED) is 0.614. The van der Waals surface area contributed by atoms with E-state index in [0.29, 0.717) is 37.4 Å².